The Kier molecular flexibility index (Phi) is 5.79. The molecule has 0 amide bonds. The maximum absolute atomic E-state index is 10.9. The largest absolute Gasteiger partial charge is 0.387 e. The Bertz CT molecular complexity index is 437. The number of rotatable bonds is 5. The first-order valence-electron chi connectivity index (χ1n) is 7.68. The first-order valence-corrected chi connectivity index (χ1v) is 7.68. The van der Waals surface area contributed by atoms with Crippen LogP contribution in [0.4, 0.5) is 0 Å². The number of benzene rings is 1. The number of hydrogen-bond acceptors (Lipinski definition) is 2. The third-order valence-electron chi connectivity index (χ3n) is 4.30. The van der Waals surface area contributed by atoms with Gasteiger partial charge in [0, 0.05) is 12.1 Å². The van der Waals surface area contributed by atoms with E-state index in [1.165, 1.54) is 22.3 Å². The van der Waals surface area contributed by atoms with Crippen molar-refractivity contribution in [1.29, 1.82) is 0 Å². The lowest BCUT2D eigenvalue weighted by atomic mass is 9.85. The third-order valence-corrected chi connectivity index (χ3v) is 4.30. The second-order valence-corrected chi connectivity index (χ2v) is 6.71. The van der Waals surface area contributed by atoms with Crippen molar-refractivity contribution in [2.75, 3.05) is 0 Å². The van der Waals surface area contributed by atoms with Crippen LogP contribution in [0.1, 0.15) is 61.6 Å². The van der Waals surface area contributed by atoms with Crippen molar-refractivity contribution in [3.05, 3.63) is 33.9 Å². The Hall–Kier alpha value is -0.860. The van der Waals surface area contributed by atoms with Crippen LogP contribution < -0.4 is 5.32 Å². The fraction of sp³-hybridized carbons (Fsp3) is 0.667. The summed E-state index contributed by atoms with van der Waals surface area (Å²) in [5.41, 5.74) is 6.06. The van der Waals surface area contributed by atoms with E-state index in [1.807, 2.05) is 0 Å². The minimum atomic E-state index is -0.462. The quantitative estimate of drug-likeness (QED) is 0.853. The molecule has 0 heterocycles. The molecule has 1 rings (SSSR count). The molecule has 0 spiro atoms. The van der Waals surface area contributed by atoms with Gasteiger partial charge in [-0.2, -0.15) is 0 Å². The van der Waals surface area contributed by atoms with Crippen LogP contribution in [0, 0.1) is 33.6 Å². The standard InChI is InChI=1S/C18H31NO/c1-10(2)17(19-11(3)4)18(20)16-14(7)12(5)9-13(6)15(16)8/h9-11,17-20H,1-8H3. The van der Waals surface area contributed by atoms with Gasteiger partial charge in [0.2, 0.25) is 0 Å². The molecule has 0 bridgehead atoms. The lowest BCUT2D eigenvalue weighted by Gasteiger charge is -2.32. The van der Waals surface area contributed by atoms with Crippen LogP contribution in [0.2, 0.25) is 0 Å². The molecule has 2 unspecified atom stereocenters. The van der Waals surface area contributed by atoms with Crippen LogP contribution in [0.3, 0.4) is 0 Å². The molecule has 0 saturated heterocycles. The third kappa shape index (κ3) is 3.62. The van der Waals surface area contributed by atoms with Crippen molar-refractivity contribution in [2.45, 2.75) is 73.6 Å². The summed E-state index contributed by atoms with van der Waals surface area (Å²) in [6.07, 6.45) is -0.462. The van der Waals surface area contributed by atoms with E-state index in [9.17, 15) is 5.11 Å². The number of aliphatic hydroxyl groups is 1. The van der Waals surface area contributed by atoms with Gasteiger partial charge in [0.1, 0.15) is 0 Å². The van der Waals surface area contributed by atoms with Crippen molar-refractivity contribution < 1.29 is 5.11 Å². The number of nitrogens with one attached hydrogen (secondary N) is 1. The number of aryl methyl sites for hydroxylation is 2. The highest BCUT2D eigenvalue weighted by Crippen LogP contribution is 2.31. The predicted octanol–water partition coefficient (Wildman–Crippen LogP) is 3.98. The summed E-state index contributed by atoms with van der Waals surface area (Å²) in [6, 6.07) is 2.65. The monoisotopic (exact) mass is 277 g/mol. The minimum Gasteiger partial charge on any atom is -0.387 e. The number of hydrogen-bond donors (Lipinski definition) is 2. The van der Waals surface area contributed by atoms with Crippen molar-refractivity contribution in [2.24, 2.45) is 5.92 Å². The highest BCUT2D eigenvalue weighted by Gasteiger charge is 2.27. The molecule has 0 aliphatic heterocycles. The molecule has 0 fully saturated rings. The molecule has 0 saturated carbocycles. The van der Waals surface area contributed by atoms with Crippen LogP contribution >= 0.6 is 0 Å². The summed E-state index contributed by atoms with van der Waals surface area (Å²) in [5.74, 6) is 0.381. The molecule has 0 aliphatic carbocycles. The first-order chi connectivity index (χ1) is 9.16. The Morgan fingerprint density at radius 2 is 1.35 bits per heavy atom. The molecule has 1 aromatic rings. The van der Waals surface area contributed by atoms with Crippen LogP contribution in [0.25, 0.3) is 0 Å². The van der Waals surface area contributed by atoms with E-state index in [2.05, 4.69) is 66.8 Å². The van der Waals surface area contributed by atoms with Crippen LogP contribution in [-0.4, -0.2) is 17.2 Å². The summed E-state index contributed by atoms with van der Waals surface area (Å²) in [4.78, 5) is 0. The van der Waals surface area contributed by atoms with Gasteiger partial charge in [0.25, 0.3) is 0 Å². The van der Waals surface area contributed by atoms with Gasteiger partial charge in [-0.3, -0.25) is 0 Å². The van der Waals surface area contributed by atoms with Crippen LogP contribution in [0.5, 0.6) is 0 Å². The number of aliphatic hydroxyl groups excluding tert-OH is 1. The minimum absolute atomic E-state index is 0.0774. The van der Waals surface area contributed by atoms with Gasteiger partial charge in [0.15, 0.2) is 0 Å². The Morgan fingerprint density at radius 1 is 0.900 bits per heavy atom. The highest BCUT2D eigenvalue weighted by atomic mass is 16.3. The van der Waals surface area contributed by atoms with Crippen LogP contribution in [-0.2, 0) is 0 Å². The summed E-state index contributed by atoms with van der Waals surface area (Å²) < 4.78 is 0. The van der Waals surface area contributed by atoms with E-state index in [-0.39, 0.29) is 6.04 Å². The molecule has 2 heteroatoms. The van der Waals surface area contributed by atoms with Gasteiger partial charge < -0.3 is 10.4 Å². The molecule has 2 nitrogen and oxygen atoms in total. The summed E-state index contributed by atoms with van der Waals surface area (Å²) >= 11 is 0. The SMILES string of the molecule is Cc1cc(C)c(C)c(C(O)C(NC(C)C)C(C)C)c1C. The highest BCUT2D eigenvalue weighted by molar-refractivity contribution is 5.45. The molecule has 0 aliphatic rings. The fourth-order valence-corrected chi connectivity index (χ4v) is 2.90. The zero-order chi connectivity index (χ0) is 15.6. The molecule has 0 aromatic heterocycles. The van der Waals surface area contributed by atoms with E-state index in [0.717, 1.165) is 5.56 Å². The second-order valence-electron chi connectivity index (χ2n) is 6.71. The van der Waals surface area contributed by atoms with Gasteiger partial charge in [0.05, 0.1) is 6.10 Å². The maximum Gasteiger partial charge on any atom is 0.0950 e. The Morgan fingerprint density at radius 3 is 1.70 bits per heavy atom. The predicted molar refractivity (Wildman–Crippen MR) is 87.2 cm³/mol. The Labute approximate surface area is 124 Å². The van der Waals surface area contributed by atoms with Gasteiger partial charge in [-0.05, 0) is 61.4 Å². The van der Waals surface area contributed by atoms with Gasteiger partial charge in [-0.25, -0.2) is 0 Å². The van der Waals surface area contributed by atoms with E-state index in [1.54, 1.807) is 0 Å². The summed E-state index contributed by atoms with van der Waals surface area (Å²) in [5, 5.41) is 14.5. The molecule has 2 N–H and O–H groups in total. The normalized spacial score (nSPS) is 14.9. The summed E-state index contributed by atoms with van der Waals surface area (Å²) in [6.45, 7) is 17.1. The molecule has 114 valence electrons. The van der Waals surface area contributed by atoms with Crippen LogP contribution in [0.15, 0.2) is 6.07 Å². The maximum atomic E-state index is 10.9. The molecule has 2 atom stereocenters. The fourth-order valence-electron chi connectivity index (χ4n) is 2.90. The lowest BCUT2D eigenvalue weighted by molar-refractivity contribution is 0.0990. The van der Waals surface area contributed by atoms with E-state index in [0.29, 0.717) is 12.0 Å². The smallest absolute Gasteiger partial charge is 0.0950 e. The molecule has 0 radical (unpaired) electrons. The topological polar surface area (TPSA) is 32.3 Å². The molecule has 20 heavy (non-hydrogen) atoms. The first kappa shape index (κ1) is 17.2. The molecular weight excluding hydrogens is 246 g/mol. The zero-order valence-electron chi connectivity index (χ0n) is 14.3. The lowest BCUT2D eigenvalue weighted by Crippen LogP contribution is -2.43. The summed E-state index contributed by atoms with van der Waals surface area (Å²) in [7, 11) is 0. The van der Waals surface area contributed by atoms with E-state index in [4.69, 9.17) is 0 Å². The van der Waals surface area contributed by atoms with E-state index >= 15 is 0 Å². The van der Waals surface area contributed by atoms with Crippen molar-refractivity contribution in [3.63, 3.8) is 0 Å². The van der Waals surface area contributed by atoms with E-state index < -0.39 is 6.10 Å². The Balaban J connectivity index is 3.28. The molecule has 1 aromatic carbocycles. The van der Waals surface area contributed by atoms with Gasteiger partial charge in [-0.15, -0.1) is 0 Å². The van der Waals surface area contributed by atoms with Crippen molar-refractivity contribution in [1.82, 2.24) is 5.32 Å². The second kappa shape index (κ2) is 6.73. The average molecular weight is 277 g/mol. The molecular formula is C18H31NO. The van der Waals surface area contributed by atoms with Crippen molar-refractivity contribution >= 4 is 0 Å². The average Bonchev–Trinajstić information content (AvgIpc) is 2.33. The van der Waals surface area contributed by atoms with Gasteiger partial charge in [-0.1, -0.05) is 33.8 Å². The zero-order valence-corrected chi connectivity index (χ0v) is 14.3. The van der Waals surface area contributed by atoms with Gasteiger partial charge >= 0.3 is 0 Å². The van der Waals surface area contributed by atoms with Crippen molar-refractivity contribution in [3.8, 4) is 0 Å².